The van der Waals surface area contributed by atoms with Crippen molar-refractivity contribution in [2.24, 2.45) is 0 Å². The van der Waals surface area contributed by atoms with Crippen molar-refractivity contribution in [3.8, 4) is 0 Å². The molecular formula is C10H13N5O3. The summed E-state index contributed by atoms with van der Waals surface area (Å²) in [6.07, 6.45) is 1.60. The number of aliphatic hydroxyl groups is 2. The van der Waals surface area contributed by atoms with E-state index in [1.165, 1.54) is 6.33 Å². The Morgan fingerprint density at radius 1 is 1.44 bits per heavy atom. The fourth-order valence-corrected chi connectivity index (χ4v) is 2.13. The summed E-state index contributed by atoms with van der Waals surface area (Å²) < 4.78 is 7.22. The van der Waals surface area contributed by atoms with Crippen LogP contribution in [0.2, 0.25) is 0 Å². The third-order valence-electron chi connectivity index (χ3n) is 3.08. The van der Waals surface area contributed by atoms with Crippen LogP contribution < -0.4 is 5.73 Å². The van der Waals surface area contributed by atoms with Gasteiger partial charge in [-0.1, -0.05) is 0 Å². The number of imidazole rings is 1. The monoisotopic (exact) mass is 254 g/mol. The predicted octanol–water partition coefficient (Wildman–Crippen LogP) is -0.951. The standard InChI is InChI=1S/C10H13N5O3/c11-9-8-10(13-3-12-9)15(4-14-8)7-1-5(17)6(2-16)18-7/h3-7,16-17H,1-2H2,(H2,11,12,13)/t5-,6+,7+/m0/s1/i4+1,11+1,15+1. The van der Waals surface area contributed by atoms with Crippen LogP contribution in [0.5, 0.6) is 0 Å². The van der Waals surface area contributed by atoms with E-state index < -0.39 is 18.4 Å². The lowest BCUT2D eigenvalue weighted by Gasteiger charge is -2.13. The zero-order chi connectivity index (χ0) is 12.7. The first-order valence-electron chi connectivity index (χ1n) is 5.58. The van der Waals surface area contributed by atoms with Crippen LogP contribution in [0, 0.1) is 0 Å². The van der Waals surface area contributed by atoms with Gasteiger partial charge in [-0.25, -0.2) is 15.0 Å². The van der Waals surface area contributed by atoms with E-state index in [1.807, 2.05) is 0 Å². The van der Waals surface area contributed by atoms with Gasteiger partial charge in [-0.15, -0.1) is 0 Å². The first kappa shape index (κ1) is 11.3. The number of nitrogens with two attached hydrogens (primary N) is 1. The Balaban J connectivity index is 1.99. The molecule has 8 heteroatoms. The topological polar surface area (TPSA) is 119 Å². The van der Waals surface area contributed by atoms with Gasteiger partial charge in [-0.05, 0) is 0 Å². The Morgan fingerprint density at radius 2 is 2.28 bits per heavy atom. The van der Waals surface area contributed by atoms with Crippen molar-refractivity contribution < 1.29 is 14.9 Å². The van der Waals surface area contributed by atoms with Crippen LogP contribution in [0.4, 0.5) is 5.82 Å². The van der Waals surface area contributed by atoms with E-state index in [9.17, 15) is 5.11 Å². The molecule has 1 fully saturated rings. The molecule has 18 heavy (non-hydrogen) atoms. The van der Waals surface area contributed by atoms with Gasteiger partial charge < -0.3 is 20.7 Å². The second-order valence-electron chi connectivity index (χ2n) is 4.20. The Bertz CT molecular complexity index is 572. The van der Waals surface area contributed by atoms with E-state index in [1.54, 1.807) is 10.9 Å². The van der Waals surface area contributed by atoms with Gasteiger partial charge in [0.25, 0.3) is 0 Å². The van der Waals surface area contributed by atoms with Crippen molar-refractivity contribution in [2.45, 2.75) is 24.9 Å². The van der Waals surface area contributed by atoms with Crippen molar-refractivity contribution in [3.05, 3.63) is 12.7 Å². The van der Waals surface area contributed by atoms with E-state index in [4.69, 9.17) is 15.6 Å². The summed E-state index contributed by atoms with van der Waals surface area (Å²) in [6.45, 7) is -0.221. The van der Waals surface area contributed by atoms with Gasteiger partial charge in [0.15, 0.2) is 11.5 Å². The van der Waals surface area contributed by atoms with Crippen molar-refractivity contribution in [1.82, 2.24) is 19.5 Å². The molecule has 3 rings (SSSR count). The van der Waals surface area contributed by atoms with Crippen LogP contribution in [-0.2, 0) is 4.74 Å². The molecule has 0 bridgehead atoms. The maximum absolute atomic E-state index is 9.71. The number of rotatable bonds is 2. The third kappa shape index (κ3) is 1.62. The number of hydrogen-bond acceptors (Lipinski definition) is 7. The van der Waals surface area contributed by atoms with E-state index in [-0.39, 0.29) is 6.61 Å². The maximum atomic E-state index is 9.71. The fraction of sp³-hybridized carbons (Fsp3) is 0.500. The zero-order valence-electron chi connectivity index (χ0n) is 9.47. The molecule has 96 valence electrons. The van der Waals surface area contributed by atoms with Crippen LogP contribution in [0.25, 0.3) is 11.2 Å². The Labute approximate surface area is 102 Å². The molecule has 4 N–H and O–H groups in total. The number of aromatic nitrogens is 4. The molecule has 0 unspecified atom stereocenters. The smallest absolute Gasteiger partial charge is 0.167 e. The molecule has 2 aromatic rings. The molecule has 2 aromatic heterocycles. The van der Waals surface area contributed by atoms with Gasteiger partial charge in [0, 0.05) is 6.42 Å². The lowest BCUT2D eigenvalue weighted by Crippen LogP contribution is -2.24. The molecule has 0 saturated carbocycles. The van der Waals surface area contributed by atoms with Gasteiger partial charge in [0.05, 0.1) is 19.0 Å². The fourth-order valence-electron chi connectivity index (χ4n) is 2.13. The van der Waals surface area contributed by atoms with Gasteiger partial charge in [-0.3, -0.25) is 4.57 Å². The summed E-state index contributed by atoms with van der Waals surface area (Å²) >= 11 is 0. The summed E-state index contributed by atoms with van der Waals surface area (Å²) in [4.78, 5) is 12.1. The molecule has 0 amide bonds. The SMILES string of the molecule is [15NH2]c1ncnc2c1n[13cH][15n]2[C@H]1C[C@H](O)[C@@H](CO)O1. The minimum atomic E-state index is -0.698. The summed E-state index contributed by atoms with van der Waals surface area (Å²) in [6, 6.07) is 0. The zero-order valence-corrected chi connectivity index (χ0v) is 9.47. The largest absolute Gasteiger partial charge is 0.394 e. The molecule has 8 nitrogen and oxygen atoms in total. The molecular weight excluding hydrogens is 241 g/mol. The number of anilines is 1. The first-order valence-corrected chi connectivity index (χ1v) is 5.58. The minimum absolute atomic E-state index is 0.221. The number of fused-ring (bicyclic) bond motifs is 1. The van der Waals surface area contributed by atoms with Crippen molar-refractivity contribution in [2.75, 3.05) is 12.3 Å². The average Bonchev–Trinajstić information content (AvgIpc) is 2.93. The van der Waals surface area contributed by atoms with Crippen LogP contribution in [0.15, 0.2) is 12.7 Å². The molecule has 1 saturated heterocycles. The van der Waals surface area contributed by atoms with E-state index in [2.05, 4.69) is 15.0 Å². The molecule has 0 radical (unpaired) electrons. The second kappa shape index (κ2) is 4.16. The van der Waals surface area contributed by atoms with Crippen molar-refractivity contribution in [1.29, 1.82) is 0 Å². The van der Waals surface area contributed by atoms with Crippen LogP contribution >= 0.6 is 0 Å². The molecule has 3 atom stereocenters. The molecule has 0 aromatic carbocycles. The van der Waals surface area contributed by atoms with Crippen LogP contribution in [0.1, 0.15) is 12.6 Å². The lowest BCUT2D eigenvalue weighted by atomic mass is 10.2. The van der Waals surface area contributed by atoms with Crippen molar-refractivity contribution >= 4 is 17.0 Å². The first-order chi connectivity index (χ1) is 8.70. The van der Waals surface area contributed by atoms with Gasteiger partial charge in [-0.2, -0.15) is 0 Å². The second-order valence-corrected chi connectivity index (χ2v) is 4.20. The Hall–Kier alpha value is -1.77. The van der Waals surface area contributed by atoms with Gasteiger partial charge >= 0.3 is 0 Å². The molecule has 0 spiro atoms. The highest BCUT2D eigenvalue weighted by Crippen LogP contribution is 2.30. The summed E-state index contributed by atoms with van der Waals surface area (Å²) in [5.41, 5.74) is 6.75. The van der Waals surface area contributed by atoms with Gasteiger partial charge in [0.1, 0.15) is 24.2 Å². The summed E-state index contributed by atoms with van der Waals surface area (Å²) in [5, 5.41) is 18.8. The van der Waals surface area contributed by atoms with E-state index in [0.717, 1.165) is 0 Å². The molecule has 3 heterocycles. The number of aliphatic hydroxyl groups excluding tert-OH is 2. The highest BCUT2D eigenvalue weighted by molar-refractivity contribution is 5.81. The minimum Gasteiger partial charge on any atom is -0.394 e. The highest BCUT2D eigenvalue weighted by atomic mass is 16.6. The number of ether oxygens (including phenoxy) is 1. The maximum Gasteiger partial charge on any atom is 0.167 e. The number of nitrogens with zero attached hydrogens (tertiary/aromatic N) is 4. The Kier molecular flexibility index (Phi) is 2.62. The molecule has 0 aliphatic carbocycles. The molecule has 1 aliphatic heterocycles. The quantitative estimate of drug-likeness (QED) is 0.591. The summed E-state index contributed by atoms with van der Waals surface area (Å²) in [5.74, 6) is 0.302. The predicted molar refractivity (Wildman–Crippen MR) is 61.4 cm³/mol. The van der Waals surface area contributed by atoms with Gasteiger partial charge in [0.2, 0.25) is 0 Å². The van der Waals surface area contributed by atoms with Crippen LogP contribution in [0.3, 0.4) is 0 Å². The average molecular weight is 254 g/mol. The summed E-state index contributed by atoms with van der Waals surface area (Å²) in [7, 11) is 0. The third-order valence-corrected chi connectivity index (χ3v) is 3.08. The number of hydrogen-bond donors (Lipinski definition) is 3. The van der Waals surface area contributed by atoms with E-state index >= 15 is 0 Å². The highest BCUT2D eigenvalue weighted by Gasteiger charge is 2.35. The normalized spacial score (nSPS) is 28.0. The van der Waals surface area contributed by atoms with E-state index in [0.29, 0.717) is 23.4 Å². The lowest BCUT2D eigenvalue weighted by molar-refractivity contribution is -0.0432. The molecule has 1 aliphatic rings. The van der Waals surface area contributed by atoms with Crippen molar-refractivity contribution in [3.63, 3.8) is 0 Å². The van der Waals surface area contributed by atoms with Crippen LogP contribution in [-0.4, -0.2) is 48.5 Å². The Morgan fingerprint density at radius 3 is 3.00 bits per heavy atom. The number of nitrogen functional groups attached to an aromatic ring is 1.